The molecule has 0 aliphatic carbocycles. The van der Waals surface area contributed by atoms with Crippen LogP contribution in [-0.4, -0.2) is 65.3 Å². The van der Waals surface area contributed by atoms with Crippen LogP contribution in [-0.2, 0) is 0 Å². The summed E-state index contributed by atoms with van der Waals surface area (Å²) < 4.78 is 0. The van der Waals surface area contributed by atoms with Crippen molar-refractivity contribution in [3.8, 4) is 11.3 Å². The molecule has 1 fully saturated rings. The van der Waals surface area contributed by atoms with Crippen molar-refractivity contribution < 1.29 is 9.90 Å². The molecule has 2 heterocycles. The second-order valence-electron chi connectivity index (χ2n) is 5.81. The van der Waals surface area contributed by atoms with Gasteiger partial charge in [-0.2, -0.15) is 0 Å². The van der Waals surface area contributed by atoms with E-state index in [1.54, 1.807) is 11.3 Å². The number of β-amino-alcohol motifs (C(OH)–C–C–N with tert-alkyl or cyclic N) is 1. The summed E-state index contributed by atoms with van der Waals surface area (Å²) in [4.78, 5) is 20.8. The van der Waals surface area contributed by atoms with Gasteiger partial charge < -0.3 is 15.3 Å². The molecule has 2 N–H and O–H groups in total. The zero-order valence-corrected chi connectivity index (χ0v) is 14.6. The van der Waals surface area contributed by atoms with Crippen molar-refractivity contribution in [2.45, 2.75) is 6.92 Å². The van der Waals surface area contributed by atoms with Crippen molar-refractivity contribution in [3.05, 3.63) is 34.7 Å². The van der Waals surface area contributed by atoms with Crippen LogP contribution in [0.3, 0.4) is 0 Å². The van der Waals surface area contributed by atoms with Crippen molar-refractivity contribution in [1.29, 1.82) is 0 Å². The van der Waals surface area contributed by atoms with Crippen LogP contribution < -0.4 is 5.32 Å². The van der Waals surface area contributed by atoms with E-state index in [4.69, 9.17) is 5.11 Å². The lowest BCUT2D eigenvalue weighted by Crippen LogP contribution is -2.50. The van der Waals surface area contributed by atoms with E-state index < -0.39 is 0 Å². The van der Waals surface area contributed by atoms with E-state index in [9.17, 15) is 4.79 Å². The average Bonchev–Trinajstić information content (AvgIpc) is 3.03. The molecule has 0 radical (unpaired) electrons. The number of carbonyl (C=O) groups excluding carboxylic acids is 1. The molecule has 0 saturated carbocycles. The first-order valence-corrected chi connectivity index (χ1v) is 8.95. The van der Waals surface area contributed by atoms with Crippen molar-refractivity contribution in [2.24, 2.45) is 0 Å². The van der Waals surface area contributed by atoms with E-state index in [2.05, 4.69) is 15.2 Å². The molecule has 2 amide bonds. The minimum absolute atomic E-state index is 0.0732. The molecule has 3 rings (SSSR count). The number of hydrogen-bond acceptors (Lipinski definition) is 5. The Bertz CT molecular complexity index is 678. The van der Waals surface area contributed by atoms with Crippen LogP contribution in [0.15, 0.2) is 29.6 Å². The Kier molecular flexibility index (Phi) is 5.44. The molecule has 1 saturated heterocycles. The Hall–Kier alpha value is -1.96. The number of amides is 2. The van der Waals surface area contributed by atoms with Gasteiger partial charge in [0, 0.05) is 49.4 Å². The maximum absolute atomic E-state index is 12.3. The number of thiazole rings is 1. The standard InChI is InChI=1S/C17H22N4O2S/c1-13-18-16(12-24-13)14-2-4-15(5-3-14)19-17(23)21-8-6-20(7-9-21)10-11-22/h2-5,12,22H,6-11H2,1H3,(H,19,23). The summed E-state index contributed by atoms with van der Waals surface area (Å²) in [7, 11) is 0. The molecule has 2 aromatic rings. The molecular weight excluding hydrogens is 324 g/mol. The number of aliphatic hydroxyl groups excluding tert-OH is 1. The highest BCUT2D eigenvalue weighted by Gasteiger charge is 2.20. The van der Waals surface area contributed by atoms with Gasteiger partial charge in [-0.05, 0) is 19.1 Å². The van der Waals surface area contributed by atoms with E-state index >= 15 is 0 Å². The van der Waals surface area contributed by atoms with Gasteiger partial charge >= 0.3 is 6.03 Å². The minimum Gasteiger partial charge on any atom is -0.395 e. The summed E-state index contributed by atoms with van der Waals surface area (Å²) in [5.41, 5.74) is 2.80. The first-order valence-electron chi connectivity index (χ1n) is 8.07. The van der Waals surface area contributed by atoms with Gasteiger partial charge in [0.2, 0.25) is 0 Å². The minimum atomic E-state index is -0.0732. The van der Waals surface area contributed by atoms with Gasteiger partial charge in [-0.15, -0.1) is 11.3 Å². The SMILES string of the molecule is Cc1nc(-c2ccc(NC(=O)N3CCN(CCO)CC3)cc2)cs1. The number of benzene rings is 1. The maximum atomic E-state index is 12.3. The molecule has 24 heavy (non-hydrogen) atoms. The number of piperazine rings is 1. The lowest BCUT2D eigenvalue weighted by Gasteiger charge is -2.34. The number of aromatic nitrogens is 1. The fourth-order valence-electron chi connectivity index (χ4n) is 2.74. The predicted molar refractivity (Wildman–Crippen MR) is 96.4 cm³/mol. The maximum Gasteiger partial charge on any atom is 0.321 e. The molecule has 6 nitrogen and oxygen atoms in total. The van der Waals surface area contributed by atoms with Crippen molar-refractivity contribution in [1.82, 2.24) is 14.8 Å². The summed E-state index contributed by atoms with van der Waals surface area (Å²) in [6, 6.07) is 7.69. The van der Waals surface area contributed by atoms with Crippen LogP contribution in [0.2, 0.25) is 0 Å². The normalized spacial score (nSPS) is 15.5. The van der Waals surface area contributed by atoms with Gasteiger partial charge in [-0.25, -0.2) is 9.78 Å². The van der Waals surface area contributed by atoms with Gasteiger partial charge in [-0.1, -0.05) is 12.1 Å². The molecule has 0 atom stereocenters. The van der Waals surface area contributed by atoms with E-state index in [1.165, 1.54) is 0 Å². The summed E-state index contributed by atoms with van der Waals surface area (Å²) in [5.74, 6) is 0. The number of nitrogens with zero attached hydrogens (tertiary/aromatic N) is 3. The highest BCUT2D eigenvalue weighted by Crippen LogP contribution is 2.23. The number of hydrogen-bond donors (Lipinski definition) is 2. The first-order chi connectivity index (χ1) is 11.7. The quantitative estimate of drug-likeness (QED) is 0.891. The number of aliphatic hydroxyl groups is 1. The monoisotopic (exact) mass is 346 g/mol. The smallest absolute Gasteiger partial charge is 0.321 e. The molecular formula is C17H22N4O2S. The lowest BCUT2D eigenvalue weighted by molar-refractivity contribution is 0.127. The van der Waals surface area contributed by atoms with E-state index in [0.717, 1.165) is 35.0 Å². The summed E-state index contributed by atoms with van der Waals surface area (Å²) in [6.45, 7) is 5.79. The highest BCUT2D eigenvalue weighted by molar-refractivity contribution is 7.09. The van der Waals surface area contributed by atoms with E-state index in [1.807, 2.05) is 41.5 Å². The third-order valence-electron chi connectivity index (χ3n) is 4.13. The molecule has 1 aliphatic rings. The topological polar surface area (TPSA) is 68.7 Å². The summed E-state index contributed by atoms with van der Waals surface area (Å²) >= 11 is 1.63. The van der Waals surface area contributed by atoms with Crippen LogP contribution in [0, 0.1) is 6.92 Å². The Balaban J connectivity index is 1.55. The molecule has 1 aliphatic heterocycles. The first kappa shape index (κ1) is 16.9. The van der Waals surface area contributed by atoms with Crippen LogP contribution in [0.1, 0.15) is 5.01 Å². The lowest BCUT2D eigenvalue weighted by atomic mass is 10.1. The summed E-state index contributed by atoms with van der Waals surface area (Å²) in [5, 5.41) is 15.0. The molecule has 128 valence electrons. The molecule has 0 spiro atoms. The summed E-state index contributed by atoms with van der Waals surface area (Å²) in [6.07, 6.45) is 0. The Morgan fingerprint density at radius 1 is 1.25 bits per heavy atom. The number of carbonyl (C=O) groups is 1. The van der Waals surface area contributed by atoms with Gasteiger partial charge in [0.25, 0.3) is 0 Å². The highest BCUT2D eigenvalue weighted by atomic mass is 32.1. The van der Waals surface area contributed by atoms with Crippen molar-refractivity contribution >= 4 is 23.1 Å². The molecule has 1 aromatic heterocycles. The fourth-order valence-corrected chi connectivity index (χ4v) is 3.36. The molecule has 7 heteroatoms. The second-order valence-corrected chi connectivity index (χ2v) is 6.87. The third-order valence-corrected chi connectivity index (χ3v) is 4.90. The van der Waals surface area contributed by atoms with Crippen LogP contribution >= 0.6 is 11.3 Å². The van der Waals surface area contributed by atoms with Crippen LogP contribution in [0.5, 0.6) is 0 Å². The Morgan fingerprint density at radius 2 is 1.96 bits per heavy atom. The van der Waals surface area contributed by atoms with Gasteiger partial charge in [0.15, 0.2) is 0 Å². The molecule has 1 aromatic carbocycles. The number of aryl methyl sites for hydroxylation is 1. The van der Waals surface area contributed by atoms with Gasteiger partial charge in [0.05, 0.1) is 17.3 Å². The fraction of sp³-hybridized carbons (Fsp3) is 0.412. The Labute approximate surface area is 145 Å². The molecule has 0 bridgehead atoms. The van der Waals surface area contributed by atoms with Gasteiger partial charge in [-0.3, -0.25) is 4.90 Å². The van der Waals surface area contributed by atoms with Crippen LogP contribution in [0.4, 0.5) is 10.5 Å². The number of anilines is 1. The number of rotatable bonds is 4. The molecule has 0 unspecified atom stereocenters. The largest absolute Gasteiger partial charge is 0.395 e. The average molecular weight is 346 g/mol. The van der Waals surface area contributed by atoms with E-state index in [-0.39, 0.29) is 12.6 Å². The predicted octanol–water partition coefficient (Wildman–Crippen LogP) is 2.26. The third kappa shape index (κ3) is 4.11. The zero-order valence-electron chi connectivity index (χ0n) is 13.7. The zero-order chi connectivity index (χ0) is 16.9. The number of nitrogens with one attached hydrogen (secondary N) is 1. The van der Waals surface area contributed by atoms with Gasteiger partial charge in [0.1, 0.15) is 0 Å². The van der Waals surface area contributed by atoms with Crippen molar-refractivity contribution in [3.63, 3.8) is 0 Å². The second kappa shape index (κ2) is 7.74. The number of urea groups is 1. The van der Waals surface area contributed by atoms with Crippen molar-refractivity contribution in [2.75, 3.05) is 44.6 Å². The Morgan fingerprint density at radius 3 is 2.54 bits per heavy atom. The van der Waals surface area contributed by atoms with E-state index in [0.29, 0.717) is 19.6 Å². The van der Waals surface area contributed by atoms with Crippen LogP contribution in [0.25, 0.3) is 11.3 Å².